The molecule has 2 N–H and O–H groups in total. The van der Waals surface area contributed by atoms with E-state index in [4.69, 9.17) is 0 Å². The number of hydrogen-bond donors (Lipinski definition) is 2. The first-order valence-electron chi connectivity index (χ1n) is 6.38. The summed E-state index contributed by atoms with van der Waals surface area (Å²) in [5, 5.41) is 13.8. The van der Waals surface area contributed by atoms with E-state index in [1.165, 1.54) is 18.4 Å². The van der Waals surface area contributed by atoms with Crippen molar-refractivity contribution >= 4 is 5.82 Å². The molecule has 0 bridgehead atoms. The molecule has 6 heteroatoms. The molecule has 94 valence electrons. The van der Waals surface area contributed by atoms with E-state index in [0.29, 0.717) is 11.5 Å². The van der Waals surface area contributed by atoms with Crippen LogP contribution in [0.1, 0.15) is 31.0 Å². The first kappa shape index (κ1) is 11.1. The summed E-state index contributed by atoms with van der Waals surface area (Å²) < 4.78 is 0. The number of anilines is 1. The SMILES string of the molecule is CCNc1nc(-c2cn[nH]n2)nc2c1CCCC2. The average molecular weight is 244 g/mol. The molecular weight excluding hydrogens is 228 g/mol. The summed E-state index contributed by atoms with van der Waals surface area (Å²) in [6.45, 7) is 2.94. The van der Waals surface area contributed by atoms with Crippen molar-refractivity contribution in [2.75, 3.05) is 11.9 Å². The van der Waals surface area contributed by atoms with Gasteiger partial charge in [-0.25, -0.2) is 9.97 Å². The summed E-state index contributed by atoms with van der Waals surface area (Å²) in [5.41, 5.74) is 3.13. The molecule has 2 aromatic rings. The second-order valence-corrected chi connectivity index (χ2v) is 4.41. The third-order valence-corrected chi connectivity index (χ3v) is 3.17. The molecule has 2 heterocycles. The maximum atomic E-state index is 4.63. The average Bonchev–Trinajstić information content (AvgIpc) is 2.93. The van der Waals surface area contributed by atoms with Gasteiger partial charge in [-0.2, -0.15) is 15.4 Å². The minimum Gasteiger partial charge on any atom is -0.370 e. The predicted molar refractivity (Wildman–Crippen MR) is 68.2 cm³/mol. The van der Waals surface area contributed by atoms with Crippen molar-refractivity contribution in [2.24, 2.45) is 0 Å². The number of nitrogens with zero attached hydrogens (tertiary/aromatic N) is 4. The Labute approximate surface area is 105 Å². The number of rotatable bonds is 3. The summed E-state index contributed by atoms with van der Waals surface area (Å²) in [4.78, 5) is 9.20. The smallest absolute Gasteiger partial charge is 0.184 e. The number of aromatic nitrogens is 5. The van der Waals surface area contributed by atoms with E-state index in [0.717, 1.165) is 30.9 Å². The fourth-order valence-corrected chi connectivity index (χ4v) is 2.33. The highest BCUT2D eigenvalue weighted by atomic mass is 15.3. The van der Waals surface area contributed by atoms with Gasteiger partial charge in [-0.1, -0.05) is 0 Å². The molecule has 0 saturated heterocycles. The molecule has 0 aromatic carbocycles. The molecule has 2 aromatic heterocycles. The fourth-order valence-electron chi connectivity index (χ4n) is 2.33. The molecule has 6 nitrogen and oxygen atoms in total. The van der Waals surface area contributed by atoms with Crippen molar-refractivity contribution in [1.82, 2.24) is 25.4 Å². The van der Waals surface area contributed by atoms with E-state index >= 15 is 0 Å². The molecule has 0 fully saturated rings. The van der Waals surface area contributed by atoms with E-state index in [1.54, 1.807) is 6.20 Å². The fraction of sp³-hybridized carbons (Fsp3) is 0.500. The van der Waals surface area contributed by atoms with Crippen LogP contribution in [0.15, 0.2) is 6.20 Å². The van der Waals surface area contributed by atoms with Crippen LogP contribution in [0, 0.1) is 0 Å². The van der Waals surface area contributed by atoms with E-state index in [2.05, 4.69) is 37.6 Å². The third-order valence-electron chi connectivity index (χ3n) is 3.17. The third kappa shape index (κ3) is 1.94. The Balaban J connectivity index is 2.09. The summed E-state index contributed by atoms with van der Waals surface area (Å²) >= 11 is 0. The zero-order chi connectivity index (χ0) is 12.4. The van der Waals surface area contributed by atoms with Crippen LogP contribution in [-0.4, -0.2) is 31.9 Å². The maximum Gasteiger partial charge on any atom is 0.184 e. The van der Waals surface area contributed by atoms with Gasteiger partial charge >= 0.3 is 0 Å². The van der Waals surface area contributed by atoms with E-state index < -0.39 is 0 Å². The van der Waals surface area contributed by atoms with Crippen LogP contribution < -0.4 is 5.32 Å². The zero-order valence-electron chi connectivity index (χ0n) is 10.4. The van der Waals surface area contributed by atoms with Gasteiger partial charge in [0.25, 0.3) is 0 Å². The Morgan fingerprint density at radius 2 is 2.17 bits per heavy atom. The van der Waals surface area contributed by atoms with Crippen molar-refractivity contribution in [3.05, 3.63) is 17.5 Å². The summed E-state index contributed by atoms with van der Waals surface area (Å²) in [6.07, 6.45) is 6.17. The Bertz CT molecular complexity index is 534. The lowest BCUT2D eigenvalue weighted by Gasteiger charge is -2.18. The van der Waals surface area contributed by atoms with Crippen molar-refractivity contribution in [1.29, 1.82) is 0 Å². The van der Waals surface area contributed by atoms with Gasteiger partial charge in [0, 0.05) is 17.8 Å². The summed E-state index contributed by atoms with van der Waals surface area (Å²) in [6, 6.07) is 0. The standard InChI is InChI=1S/C12H16N6/c1-2-13-11-8-5-3-4-6-9(8)15-12(16-11)10-7-14-18-17-10/h7H,2-6H2,1H3,(H,13,15,16)(H,14,17,18). The molecule has 0 radical (unpaired) electrons. The monoisotopic (exact) mass is 244 g/mol. The lowest BCUT2D eigenvalue weighted by Crippen LogP contribution is -2.13. The van der Waals surface area contributed by atoms with Crippen molar-refractivity contribution in [2.45, 2.75) is 32.6 Å². The van der Waals surface area contributed by atoms with E-state index in [9.17, 15) is 0 Å². The van der Waals surface area contributed by atoms with Gasteiger partial charge in [0.1, 0.15) is 11.5 Å². The van der Waals surface area contributed by atoms with Crippen molar-refractivity contribution in [3.63, 3.8) is 0 Å². The molecule has 0 spiro atoms. The van der Waals surface area contributed by atoms with E-state index in [1.807, 2.05) is 0 Å². The lowest BCUT2D eigenvalue weighted by atomic mass is 9.96. The van der Waals surface area contributed by atoms with Crippen LogP contribution in [0.25, 0.3) is 11.5 Å². The molecule has 1 aliphatic rings. The minimum atomic E-state index is 0.653. The number of nitrogens with one attached hydrogen (secondary N) is 2. The minimum absolute atomic E-state index is 0.653. The second-order valence-electron chi connectivity index (χ2n) is 4.41. The van der Waals surface area contributed by atoms with Gasteiger partial charge in [-0.05, 0) is 32.6 Å². The first-order valence-corrected chi connectivity index (χ1v) is 6.38. The molecule has 0 saturated carbocycles. The van der Waals surface area contributed by atoms with Crippen LogP contribution in [0.2, 0.25) is 0 Å². The van der Waals surface area contributed by atoms with Crippen LogP contribution >= 0.6 is 0 Å². The normalized spacial score (nSPS) is 14.3. The molecule has 1 aliphatic carbocycles. The Hall–Kier alpha value is -1.98. The maximum absolute atomic E-state index is 4.63. The first-order chi connectivity index (χ1) is 8.88. The van der Waals surface area contributed by atoms with Gasteiger partial charge in [0.2, 0.25) is 0 Å². The Kier molecular flexibility index (Phi) is 2.92. The quantitative estimate of drug-likeness (QED) is 0.856. The molecule has 0 aliphatic heterocycles. The second kappa shape index (κ2) is 4.72. The predicted octanol–water partition coefficient (Wildman–Crippen LogP) is 1.57. The number of aromatic amines is 1. The highest BCUT2D eigenvalue weighted by Crippen LogP contribution is 2.27. The highest BCUT2D eigenvalue weighted by molar-refractivity contribution is 5.56. The topological polar surface area (TPSA) is 79.4 Å². The molecule has 0 atom stereocenters. The largest absolute Gasteiger partial charge is 0.370 e. The molecule has 0 unspecified atom stereocenters. The molecule has 3 rings (SSSR count). The van der Waals surface area contributed by atoms with Crippen LogP contribution in [0.5, 0.6) is 0 Å². The van der Waals surface area contributed by atoms with Crippen molar-refractivity contribution < 1.29 is 0 Å². The number of H-pyrrole nitrogens is 1. The van der Waals surface area contributed by atoms with E-state index in [-0.39, 0.29) is 0 Å². The van der Waals surface area contributed by atoms with Crippen molar-refractivity contribution in [3.8, 4) is 11.5 Å². The number of aryl methyl sites for hydroxylation is 1. The summed E-state index contributed by atoms with van der Waals surface area (Å²) in [5.74, 6) is 1.61. The van der Waals surface area contributed by atoms with Crippen LogP contribution in [0.4, 0.5) is 5.82 Å². The van der Waals surface area contributed by atoms with Gasteiger partial charge < -0.3 is 5.32 Å². The summed E-state index contributed by atoms with van der Waals surface area (Å²) in [7, 11) is 0. The number of hydrogen-bond acceptors (Lipinski definition) is 5. The molecule has 18 heavy (non-hydrogen) atoms. The van der Waals surface area contributed by atoms with Crippen LogP contribution in [0.3, 0.4) is 0 Å². The zero-order valence-corrected chi connectivity index (χ0v) is 10.4. The molecular formula is C12H16N6. The van der Waals surface area contributed by atoms with Gasteiger partial charge in [-0.15, -0.1) is 0 Å². The van der Waals surface area contributed by atoms with Crippen LogP contribution in [-0.2, 0) is 12.8 Å². The van der Waals surface area contributed by atoms with Gasteiger partial charge in [0.15, 0.2) is 5.82 Å². The van der Waals surface area contributed by atoms with Gasteiger partial charge in [-0.3, -0.25) is 0 Å². The highest BCUT2D eigenvalue weighted by Gasteiger charge is 2.18. The lowest BCUT2D eigenvalue weighted by molar-refractivity contribution is 0.664. The number of fused-ring (bicyclic) bond motifs is 1. The Morgan fingerprint density at radius 1 is 1.28 bits per heavy atom. The van der Waals surface area contributed by atoms with Gasteiger partial charge in [0.05, 0.1) is 6.20 Å². The Morgan fingerprint density at radius 3 is 2.94 bits per heavy atom. The molecule has 0 amide bonds.